The van der Waals surface area contributed by atoms with Gasteiger partial charge < -0.3 is 9.47 Å². The summed E-state index contributed by atoms with van der Waals surface area (Å²) in [4.78, 5) is 43.3. The smallest absolute Gasteiger partial charge is 0.417 e. The minimum absolute atomic E-state index is 0.00838. The van der Waals surface area contributed by atoms with Crippen LogP contribution >= 0.6 is 0 Å². The summed E-state index contributed by atoms with van der Waals surface area (Å²) in [5.41, 5.74) is 8.69. The van der Waals surface area contributed by atoms with Gasteiger partial charge in [-0.05, 0) is 48.6 Å². The van der Waals surface area contributed by atoms with Crippen LogP contribution in [0.5, 0.6) is 0 Å². The third kappa shape index (κ3) is 5.14. The molecule has 2 heterocycles. The predicted molar refractivity (Wildman–Crippen MR) is 121 cm³/mol. The van der Waals surface area contributed by atoms with Gasteiger partial charge in [0.15, 0.2) is 5.54 Å². The topological polar surface area (TPSA) is 122 Å². The van der Waals surface area contributed by atoms with Crippen molar-refractivity contribution in [3.8, 4) is 0 Å². The van der Waals surface area contributed by atoms with Gasteiger partial charge in [0.2, 0.25) is 5.91 Å². The molecule has 0 unspecified atom stereocenters. The lowest BCUT2D eigenvalue weighted by Gasteiger charge is -2.36. The van der Waals surface area contributed by atoms with E-state index in [1.807, 2.05) is 58.0 Å². The van der Waals surface area contributed by atoms with Crippen molar-refractivity contribution in [3.05, 3.63) is 46.3 Å². The van der Waals surface area contributed by atoms with Crippen molar-refractivity contribution >= 4 is 18.0 Å². The highest BCUT2D eigenvalue weighted by molar-refractivity contribution is 6.00. The highest BCUT2D eigenvalue weighted by Crippen LogP contribution is 2.40. The van der Waals surface area contributed by atoms with Gasteiger partial charge in [-0.3, -0.25) is 9.59 Å². The molecule has 9 heteroatoms. The molecule has 0 aliphatic carbocycles. The second kappa shape index (κ2) is 10.3. The maximum atomic E-state index is 14.0. The number of hydrogen-bond acceptors (Lipinski definition) is 6. The molecular weight excluding hydrogens is 424 g/mol. The van der Waals surface area contributed by atoms with Crippen molar-refractivity contribution in [2.45, 2.75) is 71.1 Å². The Morgan fingerprint density at radius 3 is 2.52 bits per heavy atom. The van der Waals surface area contributed by atoms with Gasteiger partial charge >= 0.3 is 12.1 Å². The monoisotopic (exact) mass is 456 g/mol. The average Bonchev–Trinajstić information content (AvgIpc) is 3.34. The van der Waals surface area contributed by atoms with Crippen molar-refractivity contribution in [1.29, 1.82) is 0 Å². The highest BCUT2D eigenvalue weighted by Gasteiger charge is 2.57. The van der Waals surface area contributed by atoms with Crippen molar-refractivity contribution in [3.63, 3.8) is 0 Å². The van der Waals surface area contributed by atoms with E-state index in [1.54, 1.807) is 0 Å². The van der Waals surface area contributed by atoms with Gasteiger partial charge in [-0.2, -0.15) is 0 Å². The first-order chi connectivity index (χ1) is 15.7. The van der Waals surface area contributed by atoms with E-state index in [0.29, 0.717) is 12.8 Å². The first-order valence-corrected chi connectivity index (χ1v) is 11.5. The SMILES string of the molecule is CC(C)CC[C@@](N=[N+]=[N-])(C(=O)N1C(=O)OC[C@@H]1Cc1ccccc1)[C@@H]1C[C@@H](C(C)C)C(=O)O1. The molecule has 0 bridgehead atoms. The Morgan fingerprint density at radius 1 is 1.24 bits per heavy atom. The molecule has 2 aliphatic heterocycles. The molecular formula is C24H32N4O5. The summed E-state index contributed by atoms with van der Waals surface area (Å²) < 4.78 is 10.9. The Hall–Kier alpha value is -3.06. The molecule has 178 valence electrons. The second-order valence-corrected chi connectivity index (χ2v) is 9.65. The Morgan fingerprint density at radius 2 is 1.94 bits per heavy atom. The van der Waals surface area contributed by atoms with E-state index in [-0.39, 0.29) is 31.3 Å². The molecule has 1 aromatic rings. The number of esters is 1. The fourth-order valence-electron chi connectivity index (χ4n) is 4.55. The highest BCUT2D eigenvalue weighted by atomic mass is 16.6. The number of ether oxygens (including phenoxy) is 2. The molecule has 0 spiro atoms. The van der Waals surface area contributed by atoms with E-state index < -0.39 is 41.6 Å². The molecule has 3 rings (SSSR count). The Bertz CT molecular complexity index is 928. The van der Waals surface area contributed by atoms with Gasteiger partial charge in [0.1, 0.15) is 12.7 Å². The van der Waals surface area contributed by atoms with Crippen molar-refractivity contribution in [1.82, 2.24) is 4.90 Å². The maximum absolute atomic E-state index is 14.0. The molecule has 0 aromatic heterocycles. The first kappa shape index (κ1) is 24.6. The fraction of sp³-hybridized carbons (Fsp3) is 0.625. The molecule has 4 atom stereocenters. The normalized spacial score (nSPS) is 24.4. The third-order valence-electron chi connectivity index (χ3n) is 6.56. The molecule has 0 saturated carbocycles. The summed E-state index contributed by atoms with van der Waals surface area (Å²) in [7, 11) is 0. The minimum atomic E-state index is -1.71. The fourth-order valence-corrected chi connectivity index (χ4v) is 4.55. The molecule has 0 N–H and O–H groups in total. The number of cyclic esters (lactones) is 2. The summed E-state index contributed by atoms with van der Waals surface area (Å²) in [6, 6.07) is 8.94. The number of imide groups is 1. The molecule has 2 aliphatic rings. The molecule has 0 radical (unpaired) electrons. The maximum Gasteiger partial charge on any atom is 0.417 e. The number of carbonyl (C=O) groups excluding carboxylic acids is 3. The van der Waals surface area contributed by atoms with Crippen LogP contribution in [-0.4, -0.2) is 47.2 Å². The largest absolute Gasteiger partial charge is 0.461 e. The second-order valence-electron chi connectivity index (χ2n) is 9.65. The number of azide groups is 1. The van der Waals surface area contributed by atoms with Crippen LogP contribution in [0.15, 0.2) is 35.4 Å². The van der Waals surface area contributed by atoms with E-state index in [0.717, 1.165) is 10.5 Å². The lowest BCUT2D eigenvalue weighted by Crippen LogP contribution is -2.57. The molecule has 2 amide bonds. The summed E-state index contributed by atoms with van der Waals surface area (Å²) in [5, 5.41) is 3.96. The first-order valence-electron chi connectivity index (χ1n) is 11.5. The third-order valence-corrected chi connectivity index (χ3v) is 6.56. The van der Waals surface area contributed by atoms with Gasteiger partial charge in [-0.25, -0.2) is 9.69 Å². The standard InChI is InChI=1S/C24H32N4O5/c1-15(2)10-11-24(26-27-25,20-13-19(16(3)4)21(29)33-20)22(30)28-18(14-32-23(28)31)12-17-8-6-5-7-9-17/h5-9,15-16,18-20H,10-14H2,1-4H3/t18-,19-,20-,24-/m0/s1. The zero-order valence-electron chi connectivity index (χ0n) is 19.6. The minimum Gasteiger partial charge on any atom is -0.461 e. The molecule has 33 heavy (non-hydrogen) atoms. The number of benzene rings is 1. The number of carbonyl (C=O) groups is 3. The lowest BCUT2D eigenvalue weighted by atomic mass is 9.80. The van der Waals surface area contributed by atoms with Crippen LogP contribution in [0.25, 0.3) is 10.4 Å². The van der Waals surface area contributed by atoms with Gasteiger partial charge in [0.05, 0.1) is 12.0 Å². The van der Waals surface area contributed by atoms with E-state index in [4.69, 9.17) is 9.47 Å². The van der Waals surface area contributed by atoms with Crippen LogP contribution in [0.2, 0.25) is 0 Å². The van der Waals surface area contributed by atoms with Crippen LogP contribution < -0.4 is 0 Å². The van der Waals surface area contributed by atoms with Gasteiger partial charge in [-0.15, -0.1) is 0 Å². The zero-order chi connectivity index (χ0) is 24.2. The number of hydrogen-bond donors (Lipinski definition) is 0. The molecule has 2 fully saturated rings. The quantitative estimate of drug-likeness (QED) is 0.232. The Labute approximate surface area is 194 Å². The number of rotatable bonds is 9. The van der Waals surface area contributed by atoms with Crippen LogP contribution in [0, 0.1) is 17.8 Å². The van der Waals surface area contributed by atoms with Crippen molar-refractivity contribution in [2.24, 2.45) is 22.9 Å². The lowest BCUT2D eigenvalue weighted by molar-refractivity contribution is -0.151. The van der Waals surface area contributed by atoms with E-state index >= 15 is 0 Å². The van der Waals surface area contributed by atoms with E-state index in [9.17, 15) is 19.9 Å². The zero-order valence-corrected chi connectivity index (χ0v) is 19.6. The van der Waals surface area contributed by atoms with Crippen molar-refractivity contribution < 1.29 is 23.9 Å². The van der Waals surface area contributed by atoms with Crippen LogP contribution in [-0.2, 0) is 25.5 Å². The number of nitrogens with zero attached hydrogens (tertiary/aromatic N) is 4. The van der Waals surface area contributed by atoms with E-state index in [1.165, 1.54) is 0 Å². The van der Waals surface area contributed by atoms with Crippen LogP contribution in [0.1, 0.15) is 52.5 Å². The predicted octanol–water partition coefficient (Wildman–Crippen LogP) is 4.65. The molecule has 9 nitrogen and oxygen atoms in total. The van der Waals surface area contributed by atoms with Crippen LogP contribution in [0.4, 0.5) is 4.79 Å². The summed E-state index contributed by atoms with van der Waals surface area (Å²) in [6.07, 6.45) is -0.326. The Kier molecular flexibility index (Phi) is 7.64. The average molecular weight is 457 g/mol. The van der Waals surface area contributed by atoms with Gasteiger partial charge in [0.25, 0.3) is 0 Å². The summed E-state index contributed by atoms with van der Waals surface area (Å²) >= 11 is 0. The van der Waals surface area contributed by atoms with Gasteiger partial charge in [0, 0.05) is 4.91 Å². The molecule has 1 aromatic carbocycles. The summed E-state index contributed by atoms with van der Waals surface area (Å²) in [5.74, 6) is -1.26. The molecule has 2 saturated heterocycles. The number of amides is 2. The van der Waals surface area contributed by atoms with E-state index in [2.05, 4.69) is 10.0 Å². The van der Waals surface area contributed by atoms with Gasteiger partial charge in [-0.1, -0.05) is 63.1 Å². The summed E-state index contributed by atoms with van der Waals surface area (Å²) in [6.45, 7) is 7.85. The van der Waals surface area contributed by atoms with Crippen LogP contribution in [0.3, 0.4) is 0 Å². The Balaban J connectivity index is 1.99. The van der Waals surface area contributed by atoms with Crippen molar-refractivity contribution in [2.75, 3.05) is 6.61 Å².